The number of ether oxygens (including phenoxy) is 1. The second kappa shape index (κ2) is 8.40. The molecule has 26 heavy (non-hydrogen) atoms. The van der Waals surface area contributed by atoms with Crippen LogP contribution in [0.25, 0.3) is 0 Å². The van der Waals surface area contributed by atoms with Gasteiger partial charge in [-0.05, 0) is 12.1 Å². The molecule has 1 aromatic carbocycles. The lowest BCUT2D eigenvalue weighted by Crippen LogP contribution is -2.54. The van der Waals surface area contributed by atoms with Crippen LogP contribution in [-0.2, 0) is 9.59 Å². The summed E-state index contributed by atoms with van der Waals surface area (Å²) < 4.78 is 5.44. The van der Waals surface area contributed by atoms with Crippen molar-refractivity contribution >= 4 is 17.5 Å². The number of benzene rings is 1. The van der Waals surface area contributed by atoms with Gasteiger partial charge in [0.25, 0.3) is 0 Å². The Bertz CT molecular complexity index is 635. The van der Waals surface area contributed by atoms with Crippen molar-refractivity contribution in [2.75, 3.05) is 70.9 Å². The van der Waals surface area contributed by atoms with Crippen LogP contribution in [0, 0.1) is 0 Å². The van der Waals surface area contributed by atoms with Gasteiger partial charge in [-0.2, -0.15) is 0 Å². The van der Waals surface area contributed by atoms with Crippen molar-refractivity contribution in [1.29, 1.82) is 0 Å². The number of carbonyl (C=O) groups excluding carboxylic acids is 2. The van der Waals surface area contributed by atoms with Gasteiger partial charge in [-0.1, -0.05) is 12.1 Å². The maximum absolute atomic E-state index is 12.6. The third kappa shape index (κ3) is 4.27. The summed E-state index contributed by atoms with van der Waals surface area (Å²) in [5.74, 6) is 1.17. The maximum atomic E-state index is 12.6. The van der Waals surface area contributed by atoms with Gasteiger partial charge < -0.3 is 19.4 Å². The van der Waals surface area contributed by atoms with Crippen molar-refractivity contribution in [1.82, 2.24) is 14.7 Å². The summed E-state index contributed by atoms with van der Waals surface area (Å²) >= 11 is 0. The Labute approximate surface area is 155 Å². The Morgan fingerprint density at radius 2 is 1.54 bits per heavy atom. The molecule has 2 heterocycles. The van der Waals surface area contributed by atoms with Crippen LogP contribution in [0.1, 0.15) is 6.92 Å². The number of carbonyl (C=O) groups is 2. The zero-order valence-corrected chi connectivity index (χ0v) is 15.7. The smallest absolute Gasteiger partial charge is 0.236 e. The minimum Gasteiger partial charge on any atom is -0.495 e. The highest BCUT2D eigenvalue weighted by Gasteiger charge is 2.26. The van der Waals surface area contributed by atoms with Crippen molar-refractivity contribution in [2.24, 2.45) is 0 Å². The Morgan fingerprint density at radius 1 is 0.923 bits per heavy atom. The second-order valence-corrected chi connectivity index (χ2v) is 6.82. The number of nitrogens with zero attached hydrogens (tertiary/aromatic N) is 4. The number of methoxy groups -OCH3 is 1. The van der Waals surface area contributed by atoms with E-state index >= 15 is 0 Å². The average Bonchev–Trinajstić information content (AvgIpc) is 2.68. The van der Waals surface area contributed by atoms with Crippen LogP contribution in [-0.4, -0.2) is 92.5 Å². The number of hydrogen-bond acceptors (Lipinski definition) is 5. The number of rotatable bonds is 4. The van der Waals surface area contributed by atoms with Crippen LogP contribution in [0.5, 0.6) is 5.75 Å². The molecule has 7 nitrogen and oxygen atoms in total. The van der Waals surface area contributed by atoms with E-state index < -0.39 is 0 Å². The summed E-state index contributed by atoms with van der Waals surface area (Å²) in [6, 6.07) is 8.00. The molecule has 0 bridgehead atoms. The van der Waals surface area contributed by atoms with E-state index in [0.717, 1.165) is 50.7 Å². The lowest BCUT2D eigenvalue weighted by molar-refractivity contribution is -0.134. The SMILES string of the molecule is COc1ccccc1N1CCN(C(=O)CN2CCN(C(C)=O)CC2)CC1. The molecule has 2 fully saturated rings. The van der Waals surface area contributed by atoms with Crippen LogP contribution < -0.4 is 9.64 Å². The first-order valence-corrected chi connectivity index (χ1v) is 9.22. The van der Waals surface area contributed by atoms with Crippen molar-refractivity contribution in [3.8, 4) is 5.75 Å². The zero-order valence-electron chi connectivity index (χ0n) is 15.7. The molecule has 0 N–H and O–H groups in total. The molecule has 0 aromatic heterocycles. The molecular weight excluding hydrogens is 332 g/mol. The van der Waals surface area contributed by atoms with Crippen molar-refractivity contribution in [3.05, 3.63) is 24.3 Å². The van der Waals surface area contributed by atoms with Crippen LogP contribution >= 0.6 is 0 Å². The first-order valence-electron chi connectivity index (χ1n) is 9.22. The van der Waals surface area contributed by atoms with Gasteiger partial charge >= 0.3 is 0 Å². The molecule has 0 spiro atoms. The fourth-order valence-electron chi connectivity index (χ4n) is 3.60. The number of amides is 2. The standard InChI is InChI=1S/C19H28N4O3/c1-16(24)21-9-7-20(8-10-21)15-19(25)23-13-11-22(12-14-23)17-5-3-4-6-18(17)26-2/h3-6H,7-15H2,1-2H3. The van der Waals surface area contributed by atoms with E-state index in [2.05, 4.69) is 15.9 Å². The summed E-state index contributed by atoms with van der Waals surface area (Å²) in [6.07, 6.45) is 0. The molecule has 0 radical (unpaired) electrons. The predicted octanol–water partition coefficient (Wildman–Crippen LogP) is 0.508. The highest BCUT2D eigenvalue weighted by molar-refractivity contribution is 5.79. The molecule has 2 saturated heterocycles. The Morgan fingerprint density at radius 3 is 2.15 bits per heavy atom. The van der Waals surface area contributed by atoms with Crippen LogP contribution in [0.2, 0.25) is 0 Å². The fourth-order valence-corrected chi connectivity index (χ4v) is 3.60. The van der Waals surface area contributed by atoms with Crippen LogP contribution in [0.3, 0.4) is 0 Å². The third-order valence-corrected chi connectivity index (χ3v) is 5.23. The van der Waals surface area contributed by atoms with Gasteiger partial charge in [0.2, 0.25) is 11.8 Å². The molecule has 0 atom stereocenters. The highest BCUT2D eigenvalue weighted by Crippen LogP contribution is 2.28. The summed E-state index contributed by atoms with van der Waals surface area (Å²) in [5, 5.41) is 0. The molecular formula is C19H28N4O3. The van der Waals surface area contributed by atoms with Crippen molar-refractivity contribution in [2.45, 2.75) is 6.92 Å². The Balaban J connectivity index is 1.47. The molecule has 0 saturated carbocycles. The molecule has 3 rings (SSSR count). The molecule has 2 amide bonds. The highest BCUT2D eigenvalue weighted by atomic mass is 16.5. The van der Waals surface area contributed by atoms with E-state index in [1.807, 2.05) is 28.0 Å². The lowest BCUT2D eigenvalue weighted by atomic mass is 10.2. The van der Waals surface area contributed by atoms with Crippen molar-refractivity contribution in [3.63, 3.8) is 0 Å². The predicted molar refractivity (Wildman–Crippen MR) is 100 cm³/mol. The third-order valence-electron chi connectivity index (χ3n) is 5.23. The van der Waals surface area contributed by atoms with Gasteiger partial charge in [-0.3, -0.25) is 14.5 Å². The maximum Gasteiger partial charge on any atom is 0.236 e. The summed E-state index contributed by atoms with van der Waals surface area (Å²) in [6.45, 7) is 8.08. The lowest BCUT2D eigenvalue weighted by Gasteiger charge is -2.38. The average molecular weight is 360 g/mol. The molecule has 1 aromatic rings. The normalized spacial score (nSPS) is 18.8. The number of hydrogen-bond donors (Lipinski definition) is 0. The minimum atomic E-state index is 0.114. The van der Waals surface area contributed by atoms with E-state index in [1.165, 1.54) is 0 Å². The molecule has 7 heteroatoms. The fraction of sp³-hybridized carbons (Fsp3) is 0.579. The number of para-hydroxylation sites is 2. The summed E-state index contributed by atoms with van der Waals surface area (Å²) in [4.78, 5) is 32.2. The minimum absolute atomic E-state index is 0.114. The summed E-state index contributed by atoms with van der Waals surface area (Å²) in [5.41, 5.74) is 1.09. The van der Waals surface area contributed by atoms with Gasteiger partial charge in [-0.25, -0.2) is 0 Å². The first kappa shape index (κ1) is 18.5. The summed E-state index contributed by atoms with van der Waals surface area (Å²) in [7, 11) is 1.68. The van der Waals surface area contributed by atoms with Gasteiger partial charge in [-0.15, -0.1) is 0 Å². The van der Waals surface area contributed by atoms with Crippen molar-refractivity contribution < 1.29 is 14.3 Å². The molecule has 0 unspecified atom stereocenters. The number of piperazine rings is 2. The molecule has 2 aliphatic rings. The van der Waals surface area contributed by atoms with E-state index in [9.17, 15) is 9.59 Å². The van der Waals surface area contributed by atoms with Gasteiger partial charge in [0.05, 0.1) is 19.3 Å². The quantitative estimate of drug-likeness (QED) is 0.783. The van der Waals surface area contributed by atoms with Crippen LogP contribution in [0.4, 0.5) is 5.69 Å². The second-order valence-electron chi connectivity index (χ2n) is 6.82. The Kier molecular flexibility index (Phi) is 5.98. The monoisotopic (exact) mass is 360 g/mol. The zero-order chi connectivity index (χ0) is 18.5. The number of anilines is 1. The molecule has 0 aliphatic carbocycles. The van der Waals surface area contributed by atoms with E-state index in [-0.39, 0.29) is 11.8 Å². The van der Waals surface area contributed by atoms with Gasteiger partial charge in [0.1, 0.15) is 5.75 Å². The van der Waals surface area contributed by atoms with Crippen LogP contribution in [0.15, 0.2) is 24.3 Å². The van der Waals surface area contributed by atoms with E-state index in [4.69, 9.17) is 4.74 Å². The molecule has 2 aliphatic heterocycles. The topological polar surface area (TPSA) is 56.3 Å². The Hall–Kier alpha value is -2.28. The largest absolute Gasteiger partial charge is 0.495 e. The van der Waals surface area contributed by atoms with Gasteiger partial charge in [0.15, 0.2) is 0 Å². The van der Waals surface area contributed by atoms with Gasteiger partial charge in [0, 0.05) is 59.3 Å². The van der Waals surface area contributed by atoms with E-state index in [0.29, 0.717) is 19.6 Å². The van der Waals surface area contributed by atoms with E-state index in [1.54, 1.807) is 14.0 Å². The molecule has 142 valence electrons. The first-order chi connectivity index (χ1) is 12.6.